The normalized spacial score (nSPS) is 28.6. The maximum absolute atomic E-state index is 14.0. The Hall–Kier alpha value is -5.33. The summed E-state index contributed by atoms with van der Waals surface area (Å²) in [5.74, 6) is 0.801. The van der Waals surface area contributed by atoms with Crippen LogP contribution < -0.4 is 0 Å². The summed E-state index contributed by atoms with van der Waals surface area (Å²) < 4.78 is 21.4. The van der Waals surface area contributed by atoms with Crippen LogP contribution in [0.15, 0.2) is 182 Å². The molecule has 0 saturated heterocycles. The second-order valence-corrected chi connectivity index (χ2v) is 19.9. The molecule has 4 saturated carbocycles. The Labute approximate surface area is 386 Å². The van der Waals surface area contributed by atoms with E-state index >= 15 is 0 Å². The predicted molar refractivity (Wildman–Crippen MR) is 257 cm³/mol. The van der Waals surface area contributed by atoms with E-state index in [4.69, 9.17) is 14.2 Å². The molecule has 0 bridgehead atoms. The SMILES string of the molecule is CCOC(=O)[C@H]1CC[C@H]2[C@@H]3CC[C@]4(O)C[C@H](OC(c5ccccc5)(c5ccccc5)c5ccccc5)CC[C@]4(COC(c4ccccc4)(c4ccccc4)c4ccccc4)[C@H]3CC[C@]12C. The Morgan fingerprint density at radius 2 is 1.00 bits per heavy atom. The fourth-order valence-corrected chi connectivity index (χ4v) is 14.0. The molecule has 0 amide bonds. The van der Waals surface area contributed by atoms with Crippen LogP contribution in [0.1, 0.15) is 105 Å². The van der Waals surface area contributed by atoms with Gasteiger partial charge in [-0.25, -0.2) is 0 Å². The number of benzene rings is 6. The lowest BCUT2D eigenvalue weighted by molar-refractivity contribution is -0.262. The maximum Gasteiger partial charge on any atom is 0.309 e. The summed E-state index contributed by atoms with van der Waals surface area (Å²) in [7, 11) is 0. The number of rotatable bonds is 13. The third-order valence-electron chi connectivity index (χ3n) is 17.0. The highest BCUT2D eigenvalue weighted by Gasteiger charge is 2.68. The average molecular weight is 865 g/mol. The Morgan fingerprint density at radius 1 is 0.554 bits per heavy atom. The summed E-state index contributed by atoms with van der Waals surface area (Å²) in [6.45, 7) is 5.07. The van der Waals surface area contributed by atoms with Crippen LogP contribution in [0.2, 0.25) is 0 Å². The zero-order valence-electron chi connectivity index (χ0n) is 38.1. The average Bonchev–Trinajstić information content (AvgIpc) is 3.72. The van der Waals surface area contributed by atoms with Gasteiger partial charge in [-0.15, -0.1) is 0 Å². The molecule has 0 aromatic heterocycles. The van der Waals surface area contributed by atoms with E-state index in [1.54, 1.807) is 0 Å². The molecule has 8 atom stereocenters. The molecule has 1 N–H and O–H groups in total. The van der Waals surface area contributed by atoms with Crippen LogP contribution >= 0.6 is 0 Å². The Bertz CT molecular complexity index is 2300. The first-order valence-electron chi connectivity index (χ1n) is 24.3. The topological polar surface area (TPSA) is 65.0 Å². The zero-order valence-corrected chi connectivity index (χ0v) is 38.1. The van der Waals surface area contributed by atoms with Gasteiger partial charge in [0, 0.05) is 11.8 Å². The molecule has 5 heteroatoms. The minimum Gasteiger partial charge on any atom is -0.466 e. The highest BCUT2D eigenvalue weighted by atomic mass is 16.5. The fourth-order valence-electron chi connectivity index (χ4n) is 14.0. The van der Waals surface area contributed by atoms with Crippen molar-refractivity contribution in [2.45, 2.75) is 94.5 Å². The zero-order chi connectivity index (χ0) is 44.5. The van der Waals surface area contributed by atoms with Crippen LogP contribution in [0.25, 0.3) is 0 Å². The first kappa shape index (κ1) is 43.6. The first-order chi connectivity index (χ1) is 31.8. The number of hydrogen-bond acceptors (Lipinski definition) is 5. The summed E-state index contributed by atoms with van der Waals surface area (Å²) in [5.41, 5.74) is 2.73. The molecule has 5 nitrogen and oxygen atoms in total. The van der Waals surface area contributed by atoms with Gasteiger partial charge < -0.3 is 19.3 Å². The van der Waals surface area contributed by atoms with Gasteiger partial charge in [0.05, 0.1) is 30.8 Å². The first-order valence-corrected chi connectivity index (χ1v) is 24.3. The molecule has 0 unspecified atom stereocenters. The van der Waals surface area contributed by atoms with Crippen LogP contribution in [0.5, 0.6) is 0 Å². The Kier molecular flexibility index (Phi) is 11.9. The van der Waals surface area contributed by atoms with Crippen molar-refractivity contribution < 1.29 is 24.1 Å². The highest BCUT2D eigenvalue weighted by molar-refractivity contribution is 5.74. The quantitative estimate of drug-likeness (QED) is 0.0925. The lowest BCUT2D eigenvalue weighted by atomic mass is 9.42. The molecule has 0 spiro atoms. The van der Waals surface area contributed by atoms with Gasteiger partial charge in [-0.05, 0) is 115 Å². The van der Waals surface area contributed by atoms with Gasteiger partial charge >= 0.3 is 5.97 Å². The van der Waals surface area contributed by atoms with E-state index in [-0.39, 0.29) is 29.3 Å². The van der Waals surface area contributed by atoms with Crippen molar-refractivity contribution in [3.05, 3.63) is 215 Å². The molecule has 0 radical (unpaired) electrons. The summed E-state index contributed by atoms with van der Waals surface area (Å²) >= 11 is 0. The molecule has 6 aromatic carbocycles. The highest BCUT2D eigenvalue weighted by Crippen LogP contribution is 2.69. The second kappa shape index (κ2) is 17.8. The van der Waals surface area contributed by atoms with Gasteiger partial charge in [0.1, 0.15) is 11.2 Å². The standard InChI is InChI=1S/C60H64O5/c1-3-63-55(61)54-35-34-52-51-37-41-58(62)42-50(65-60(47-28-16-7-17-29-47,48-30-18-8-19-31-48)49-32-20-9-21-33-49)36-40-57(58,53(51)38-39-56(52,54)2)43-64-59(44-22-10-4-11-23-44,45-24-12-5-13-25-45)46-26-14-6-15-27-46/h4-33,50-54,62H,3,34-43H2,1-2H3/t50-,51+,52+,53+,54-,56+,57+,58+/m1/s1. The lowest BCUT2D eigenvalue weighted by Gasteiger charge is -2.65. The molecule has 0 aliphatic heterocycles. The van der Waals surface area contributed by atoms with Crippen LogP contribution in [0.4, 0.5) is 0 Å². The molecule has 334 valence electrons. The van der Waals surface area contributed by atoms with Crippen molar-refractivity contribution in [1.82, 2.24) is 0 Å². The van der Waals surface area contributed by atoms with Gasteiger partial charge in [-0.3, -0.25) is 4.79 Å². The summed E-state index contributed by atoms with van der Waals surface area (Å²) in [5, 5.41) is 14.0. The number of ether oxygens (including phenoxy) is 3. The van der Waals surface area contributed by atoms with Crippen molar-refractivity contribution in [2.24, 2.45) is 34.5 Å². The number of carbonyl (C=O) groups is 1. The van der Waals surface area contributed by atoms with E-state index in [0.29, 0.717) is 37.9 Å². The molecular formula is C60H64O5. The van der Waals surface area contributed by atoms with Gasteiger partial charge in [0.15, 0.2) is 0 Å². The molecule has 6 aromatic rings. The van der Waals surface area contributed by atoms with Crippen molar-refractivity contribution in [1.29, 1.82) is 0 Å². The van der Waals surface area contributed by atoms with Crippen molar-refractivity contribution in [2.75, 3.05) is 13.2 Å². The molecular weight excluding hydrogens is 801 g/mol. The van der Waals surface area contributed by atoms with E-state index in [2.05, 4.69) is 189 Å². The molecule has 4 fully saturated rings. The molecule has 4 aliphatic rings. The third kappa shape index (κ3) is 7.30. The minimum atomic E-state index is -1.09. The van der Waals surface area contributed by atoms with Crippen LogP contribution in [-0.2, 0) is 30.2 Å². The van der Waals surface area contributed by atoms with Crippen molar-refractivity contribution in [3.63, 3.8) is 0 Å². The fraction of sp³-hybridized carbons (Fsp3) is 0.383. The van der Waals surface area contributed by atoms with Crippen molar-refractivity contribution in [3.8, 4) is 0 Å². The molecule has 4 aliphatic carbocycles. The van der Waals surface area contributed by atoms with Crippen molar-refractivity contribution >= 4 is 5.97 Å². The minimum absolute atomic E-state index is 0.0314. The molecule has 65 heavy (non-hydrogen) atoms. The van der Waals surface area contributed by atoms with Crippen LogP contribution in [-0.4, -0.2) is 36.0 Å². The van der Waals surface area contributed by atoms with Gasteiger partial charge in [0.2, 0.25) is 0 Å². The smallest absolute Gasteiger partial charge is 0.309 e. The third-order valence-corrected chi connectivity index (χ3v) is 17.0. The van der Waals surface area contributed by atoms with E-state index < -0.39 is 22.2 Å². The van der Waals surface area contributed by atoms with E-state index in [1.807, 2.05) is 6.92 Å². The van der Waals surface area contributed by atoms with E-state index in [1.165, 1.54) is 0 Å². The Balaban J connectivity index is 1.09. The largest absolute Gasteiger partial charge is 0.466 e. The second-order valence-electron chi connectivity index (χ2n) is 19.9. The van der Waals surface area contributed by atoms with Crippen LogP contribution in [0, 0.1) is 34.5 Å². The number of hydrogen-bond donors (Lipinski definition) is 1. The predicted octanol–water partition coefficient (Wildman–Crippen LogP) is 12.7. The van der Waals surface area contributed by atoms with Gasteiger partial charge in [-0.1, -0.05) is 189 Å². The number of carbonyl (C=O) groups excluding carboxylic acids is 1. The molecule has 10 rings (SSSR count). The molecule has 0 heterocycles. The van der Waals surface area contributed by atoms with Gasteiger partial charge in [0.25, 0.3) is 0 Å². The van der Waals surface area contributed by atoms with Crippen LogP contribution in [0.3, 0.4) is 0 Å². The number of esters is 1. The maximum atomic E-state index is 14.0. The van der Waals surface area contributed by atoms with E-state index in [9.17, 15) is 9.90 Å². The Morgan fingerprint density at radius 3 is 1.45 bits per heavy atom. The number of aliphatic hydroxyl groups is 1. The lowest BCUT2D eigenvalue weighted by Crippen LogP contribution is -2.66. The summed E-state index contributed by atoms with van der Waals surface area (Å²) in [4.78, 5) is 13.6. The number of fused-ring (bicyclic) bond motifs is 5. The monoisotopic (exact) mass is 864 g/mol. The van der Waals surface area contributed by atoms with E-state index in [0.717, 1.165) is 78.3 Å². The summed E-state index contributed by atoms with van der Waals surface area (Å²) in [6.07, 6.45) is 7.07. The summed E-state index contributed by atoms with van der Waals surface area (Å²) in [6, 6.07) is 63.9. The van der Waals surface area contributed by atoms with Gasteiger partial charge in [-0.2, -0.15) is 0 Å².